The maximum absolute atomic E-state index is 4.45. The van der Waals surface area contributed by atoms with Crippen LogP contribution in [0.4, 0.5) is 0 Å². The Bertz CT molecular complexity index is 598. The molecule has 1 aliphatic heterocycles. The van der Waals surface area contributed by atoms with Crippen LogP contribution in [0.3, 0.4) is 0 Å². The fourth-order valence-corrected chi connectivity index (χ4v) is 3.49. The van der Waals surface area contributed by atoms with E-state index >= 15 is 0 Å². The van der Waals surface area contributed by atoms with Crippen molar-refractivity contribution >= 4 is 0 Å². The summed E-state index contributed by atoms with van der Waals surface area (Å²) < 4.78 is 2.14. The van der Waals surface area contributed by atoms with Crippen molar-refractivity contribution in [1.82, 2.24) is 24.9 Å². The second-order valence-corrected chi connectivity index (χ2v) is 6.84. The van der Waals surface area contributed by atoms with Gasteiger partial charge in [0, 0.05) is 31.0 Å². The first-order valence-corrected chi connectivity index (χ1v) is 8.37. The Morgan fingerprint density at radius 1 is 1.41 bits per heavy atom. The molecule has 0 aromatic carbocycles. The van der Waals surface area contributed by atoms with Gasteiger partial charge in [-0.15, -0.1) is 0 Å². The monoisotopic (exact) mass is 301 g/mol. The second kappa shape index (κ2) is 6.65. The molecule has 0 bridgehead atoms. The third-order valence-electron chi connectivity index (χ3n) is 4.66. The molecule has 1 fully saturated rings. The van der Waals surface area contributed by atoms with Gasteiger partial charge in [0.25, 0.3) is 0 Å². The Morgan fingerprint density at radius 2 is 2.27 bits per heavy atom. The maximum Gasteiger partial charge on any atom is 0.0527 e. The highest BCUT2D eigenvalue weighted by atomic mass is 15.3. The van der Waals surface area contributed by atoms with Gasteiger partial charge in [-0.05, 0) is 64.1 Å². The fourth-order valence-electron chi connectivity index (χ4n) is 3.49. The number of piperidine rings is 1. The van der Waals surface area contributed by atoms with E-state index in [1.165, 1.54) is 42.9 Å². The molecule has 0 spiro atoms. The predicted octanol–water partition coefficient (Wildman–Crippen LogP) is 2.95. The standard InChI is InChI=1S/C17H27N5/c1-13(2)22-16(6-7-19-22)12-21-8-4-5-15(11-21)9-17-14(3)10-18-20-17/h6-7,10,13,15H,4-5,8-9,11-12H2,1-3H3,(H,18,20)/t15-/m1/s1. The number of hydrogen-bond donors (Lipinski definition) is 1. The summed E-state index contributed by atoms with van der Waals surface area (Å²) >= 11 is 0. The molecular formula is C17H27N5. The number of nitrogens with zero attached hydrogens (tertiary/aromatic N) is 4. The fraction of sp³-hybridized carbons (Fsp3) is 0.647. The summed E-state index contributed by atoms with van der Waals surface area (Å²) in [7, 11) is 0. The molecule has 0 radical (unpaired) electrons. The molecule has 2 aromatic heterocycles. The van der Waals surface area contributed by atoms with Crippen LogP contribution in [0.25, 0.3) is 0 Å². The number of hydrogen-bond acceptors (Lipinski definition) is 3. The van der Waals surface area contributed by atoms with Gasteiger partial charge in [0.15, 0.2) is 0 Å². The molecule has 1 atom stereocenters. The van der Waals surface area contributed by atoms with Gasteiger partial charge in [0.1, 0.15) is 0 Å². The normalized spacial score (nSPS) is 19.9. The third-order valence-corrected chi connectivity index (χ3v) is 4.66. The predicted molar refractivity (Wildman–Crippen MR) is 87.6 cm³/mol. The molecule has 3 rings (SSSR count). The highest BCUT2D eigenvalue weighted by Gasteiger charge is 2.22. The average molecular weight is 301 g/mol. The average Bonchev–Trinajstić information content (AvgIpc) is 3.09. The van der Waals surface area contributed by atoms with E-state index < -0.39 is 0 Å². The number of H-pyrrole nitrogens is 1. The Labute approximate surface area is 132 Å². The molecule has 1 N–H and O–H groups in total. The Morgan fingerprint density at radius 3 is 3.00 bits per heavy atom. The van der Waals surface area contributed by atoms with E-state index in [9.17, 15) is 0 Å². The van der Waals surface area contributed by atoms with Gasteiger partial charge in [-0.25, -0.2) is 0 Å². The number of likely N-dealkylation sites (tertiary alicyclic amines) is 1. The molecule has 0 aliphatic carbocycles. The van der Waals surface area contributed by atoms with Gasteiger partial charge in [-0.2, -0.15) is 10.2 Å². The number of rotatable bonds is 5. The van der Waals surface area contributed by atoms with E-state index in [2.05, 4.69) is 51.7 Å². The summed E-state index contributed by atoms with van der Waals surface area (Å²) in [6.07, 6.45) is 7.57. The smallest absolute Gasteiger partial charge is 0.0527 e. The molecule has 5 nitrogen and oxygen atoms in total. The van der Waals surface area contributed by atoms with E-state index in [1.54, 1.807) is 0 Å². The lowest BCUT2D eigenvalue weighted by Crippen LogP contribution is -2.36. The SMILES string of the molecule is Cc1cn[nH]c1C[C@H]1CCCN(Cc2ccnn2C(C)C)C1. The Balaban J connectivity index is 1.61. The lowest BCUT2D eigenvalue weighted by molar-refractivity contribution is 0.161. The van der Waals surface area contributed by atoms with Crippen molar-refractivity contribution < 1.29 is 0 Å². The molecule has 0 unspecified atom stereocenters. The van der Waals surface area contributed by atoms with Crippen molar-refractivity contribution in [3.05, 3.63) is 35.4 Å². The largest absolute Gasteiger partial charge is 0.297 e. The van der Waals surface area contributed by atoms with Crippen LogP contribution in [0.5, 0.6) is 0 Å². The Kier molecular flexibility index (Phi) is 4.62. The van der Waals surface area contributed by atoms with Gasteiger partial charge in [-0.1, -0.05) is 0 Å². The topological polar surface area (TPSA) is 49.7 Å². The quantitative estimate of drug-likeness (QED) is 0.923. The first kappa shape index (κ1) is 15.3. The number of nitrogens with one attached hydrogen (secondary N) is 1. The minimum atomic E-state index is 0.429. The number of aromatic nitrogens is 4. The first-order chi connectivity index (χ1) is 10.6. The van der Waals surface area contributed by atoms with E-state index in [-0.39, 0.29) is 0 Å². The summed E-state index contributed by atoms with van der Waals surface area (Å²) in [5.41, 5.74) is 3.92. The van der Waals surface area contributed by atoms with Crippen LogP contribution in [-0.2, 0) is 13.0 Å². The van der Waals surface area contributed by atoms with Crippen LogP contribution in [0, 0.1) is 12.8 Å². The van der Waals surface area contributed by atoms with Crippen LogP contribution >= 0.6 is 0 Å². The van der Waals surface area contributed by atoms with E-state index in [4.69, 9.17) is 0 Å². The summed E-state index contributed by atoms with van der Waals surface area (Å²) in [6.45, 7) is 9.90. The van der Waals surface area contributed by atoms with Crippen molar-refractivity contribution in [3.8, 4) is 0 Å². The van der Waals surface area contributed by atoms with Crippen molar-refractivity contribution in [2.45, 2.75) is 52.6 Å². The van der Waals surface area contributed by atoms with Crippen LogP contribution < -0.4 is 0 Å². The molecule has 5 heteroatoms. The zero-order valence-electron chi connectivity index (χ0n) is 13.9. The maximum atomic E-state index is 4.45. The number of aromatic amines is 1. The summed E-state index contributed by atoms with van der Waals surface area (Å²) in [5, 5.41) is 11.8. The summed E-state index contributed by atoms with van der Waals surface area (Å²) in [6, 6.07) is 2.58. The molecule has 1 aliphatic rings. The van der Waals surface area contributed by atoms with E-state index in [1.807, 2.05) is 12.4 Å². The second-order valence-electron chi connectivity index (χ2n) is 6.84. The minimum Gasteiger partial charge on any atom is -0.297 e. The Hall–Kier alpha value is -1.62. The van der Waals surface area contributed by atoms with E-state index in [0.717, 1.165) is 18.9 Å². The van der Waals surface area contributed by atoms with Crippen LogP contribution in [0.15, 0.2) is 18.5 Å². The summed E-state index contributed by atoms with van der Waals surface area (Å²) in [5.74, 6) is 0.725. The molecule has 1 saturated heterocycles. The highest BCUT2D eigenvalue weighted by Crippen LogP contribution is 2.23. The summed E-state index contributed by atoms with van der Waals surface area (Å²) in [4.78, 5) is 2.58. The highest BCUT2D eigenvalue weighted by molar-refractivity contribution is 5.14. The van der Waals surface area contributed by atoms with Gasteiger partial charge < -0.3 is 0 Å². The van der Waals surface area contributed by atoms with Gasteiger partial charge in [0.2, 0.25) is 0 Å². The third kappa shape index (κ3) is 3.40. The van der Waals surface area contributed by atoms with Crippen molar-refractivity contribution in [1.29, 1.82) is 0 Å². The minimum absolute atomic E-state index is 0.429. The molecule has 0 saturated carbocycles. The number of aryl methyl sites for hydroxylation is 1. The molecule has 3 heterocycles. The van der Waals surface area contributed by atoms with Gasteiger partial charge in [-0.3, -0.25) is 14.7 Å². The van der Waals surface area contributed by atoms with Crippen LogP contribution in [0.1, 0.15) is 49.7 Å². The van der Waals surface area contributed by atoms with Gasteiger partial charge in [0.05, 0.1) is 11.9 Å². The van der Waals surface area contributed by atoms with Crippen LogP contribution in [0.2, 0.25) is 0 Å². The zero-order chi connectivity index (χ0) is 15.5. The molecular weight excluding hydrogens is 274 g/mol. The first-order valence-electron chi connectivity index (χ1n) is 8.37. The molecule has 120 valence electrons. The zero-order valence-corrected chi connectivity index (χ0v) is 13.9. The van der Waals surface area contributed by atoms with Crippen molar-refractivity contribution in [2.24, 2.45) is 5.92 Å². The molecule has 22 heavy (non-hydrogen) atoms. The lowest BCUT2D eigenvalue weighted by Gasteiger charge is -2.33. The molecule has 0 amide bonds. The van der Waals surface area contributed by atoms with E-state index in [0.29, 0.717) is 6.04 Å². The molecule has 2 aromatic rings. The van der Waals surface area contributed by atoms with Crippen molar-refractivity contribution in [2.75, 3.05) is 13.1 Å². The van der Waals surface area contributed by atoms with Crippen LogP contribution in [-0.4, -0.2) is 38.0 Å². The lowest BCUT2D eigenvalue weighted by atomic mass is 9.92. The van der Waals surface area contributed by atoms with Crippen molar-refractivity contribution in [3.63, 3.8) is 0 Å². The van der Waals surface area contributed by atoms with Gasteiger partial charge >= 0.3 is 0 Å².